The van der Waals surface area contributed by atoms with Gasteiger partial charge in [-0.3, -0.25) is 4.79 Å². The Labute approximate surface area is 131 Å². The van der Waals surface area contributed by atoms with Crippen LogP contribution in [0.3, 0.4) is 0 Å². The molecule has 1 saturated heterocycles. The van der Waals surface area contributed by atoms with E-state index < -0.39 is 9.05 Å². The van der Waals surface area contributed by atoms with Gasteiger partial charge in [0.25, 0.3) is 15.0 Å². The number of benzene rings is 1. The predicted octanol–water partition coefficient (Wildman–Crippen LogP) is 3.39. The fourth-order valence-corrected chi connectivity index (χ4v) is 3.64. The minimum atomic E-state index is -3.85. The SMILES string of the molecule is CC1(C)CCCN1C(=O)c1cc(S(=O)(=O)Cl)ccc1Br. The minimum absolute atomic E-state index is 0.0669. The fourth-order valence-electron chi connectivity index (χ4n) is 2.45. The van der Waals surface area contributed by atoms with Crippen molar-refractivity contribution >= 4 is 41.6 Å². The van der Waals surface area contributed by atoms with Gasteiger partial charge < -0.3 is 4.90 Å². The Morgan fingerprint density at radius 1 is 1.40 bits per heavy atom. The third-order valence-electron chi connectivity index (χ3n) is 3.60. The van der Waals surface area contributed by atoms with Crippen LogP contribution in [0.5, 0.6) is 0 Å². The van der Waals surface area contributed by atoms with Crippen molar-refractivity contribution in [1.82, 2.24) is 4.90 Å². The van der Waals surface area contributed by atoms with Gasteiger partial charge in [0.15, 0.2) is 0 Å². The third kappa shape index (κ3) is 3.02. The van der Waals surface area contributed by atoms with Crippen LogP contribution >= 0.6 is 26.6 Å². The van der Waals surface area contributed by atoms with Gasteiger partial charge in [0.2, 0.25) is 0 Å². The standard InChI is InChI=1S/C13H15BrClNO3S/c1-13(2)6-3-7-16(13)12(17)10-8-9(20(15,18)19)4-5-11(10)14/h4-5,8H,3,6-7H2,1-2H3. The number of carbonyl (C=O) groups excluding carboxylic acids is 1. The smallest absolute Gasteiger partial charge is 0.261 e. The lowest BCUT2D eigenvalue weighted by Gasteiger charge is -2.32. The van der Waals surface area contributed by atoms with Crippen LogP contribution in [0.15, 0.2) is 27.6 Å². The maximum atomic E-state index is 12.6. The van der Waals surface area contributed by atoms with E-state index in [1.807, 2.05) is 13.8 Å². The molecule has 1 aliphatic rings. The normalized spacial score (nSPS) is 18.3. The zero-order valence-corrected chi connectivity index (χ0v) is 14.3. The summed E-state index contributed by atoms with van der Waals surface area (Å²) in [6, 6.07) is 4.23. The molecule has 1 fully saturated rings. The molecule has 110 valence electrons. The van der Waals surface area contributed by atoms with Crippen LogP contribution in [0.2, 0.25) is 0 Å². The van der Waals surface area contributed by atoms with Gasteiger partial charge in [-0.05, 0) is 60.8 Å². The fraction of sp³-hybridized carbons (Fsp3) is 0.462. The predicted molar refractivity (Wildman–Crippen MR) is 81.5 cm³/mol. The molecule has 0 saturated carbocycles. The van der Waals surface area contributed by atoms with Gasteiger partial charge in [-0.15, -0.1) is 0 Å². The number of nitrogens with zero attached hydrogens (tertiary/aromatic N) is 1. The van der Waals surface area contributed by atoms with E-state index in [0.29, 0.717) is 16.6 Å². The summed E-state index contributed by atoms with van der Waals surface area (Å²) in [4.78, 5) is 14.3. The van der Waals surface area contributed by atoms with Crippen molar-refractivity contribution in [2.75, 3.05) is 6.54 Å². The van der Waals surface area contributed by atoms with Crippen LogP contribution < -0.4 is 0 Å². The molecule has 20 heavy (non-hydrogen) atoms. The van der Waals surface area contributed by atoms with Crippen molar-refractivity contribution in [3.8, 4) is 0 Å². The summed E-state index contributed by atoms with van der Waals surface area (Å²) < 4.78 is 23.3. The van der Waals surface area contributed by atoms with Gasteiger partial charge in [0.1, 0.15) is 0 Å². The Balaban J connectivity index is 2.45. The number of carbonyl (C=O) groups is 1. The van der Waals surface area contributed by atoms with E-state index in [1.165, 1.54) is 18.2 Å². The molecular formula is C13H15BrClNO3S. The number of halogens is 2. The van der Waals surface area contributed by atoms with Gasteiger partial charge in [-0.25, -0.2) is 8.42 Å². The highest BCUT2D eigenvalue weighted by Gasteiger charge is 2.36. The first-order valence-electron chi connectivity index (χ1n) is 6.19. The maximum Gasteiger partial charge on any atom is 0.261 e. The van der Waals surface area contributed by atoms with Crippen molar-refractivity contribution in [2.24, 2.45) is 0 Å². The topological polar surface area (TPSA) is 54.5 Å². The van der Waals surface area contributed by atoms with Crippen LogP contribution in [0.25, 0.3) is 0 Å². The van der Waals surface area contributed by atoms with Gasteiger partial charge in [-0.1, -0.05) is 0 Å². The minimum Gasteiger partial charge on any atom is -0.333 e. The highest BCUT2D eigenvalue weighted by molar-refractivity contribution is 9.10. The summed E-state index contributed by atoms with van der Waals surface area (Å²) in [5.74, 6) is -0.179. The van der Waals surface area contributed by atoms with Crippen molar-refractivity contribution in [3.63, 3.8) is 0 Å². The van der Waals surface area contributed by atoms with Gasteiger partial charge in [-0.2, -0.15) is 0 Å². The number of rotatable bonds is 2. The van der Waals surface area contributed by atoms with Gasteiger partial charge in [0.05, 0.1) is 10.5 Å². The molecule has 0 radical (unpaired) electrons. The third-order valence-corrected chi connectivity index (χ3v) is 5.64. The first-order valence-corrected chi connectivity index (χ1v) is 9.29. The molecule has 0 spiro atoms. The Hall–Kier alpha value is -0.590. The number of amides is 1. The Morgan fingerprint density at radius 2 is 2.05 bits per heavy atom. The molecule has 1 aromatic rings. The van der Waals surface area contributed by atoms with Crippen molar-refractivity contribution < 1.29 is 13.2 Å². The lowest BCUT2D eigenvalue weighted by atomic mass is 10.0. The molecule has 2 rings (SSSR count). The zero-order chi connectivity index (χ0) is 15.1. The molecule has 1 aliphatic heterocycles. The van der Waals surface area contributed by atoms with Crippen LogP contribution in [-0.4, -0.2) is 31.3 Å². The molecule has 7 heteroatoms. The number of hydrogen-bond acceptors (Lipinski definition) is 3. The van der Waals surface area contributed by atoms with E-state index in [-0.39, 0.29) is 16.3 Å². The molecule has 0 aromatic heterocycles. The highest BCUT2D eigenvalue weighted by Crippen LogP contribution is 2.32. The largest absolute Gasteiger partial charge is 0.333 e. The van der Waals surface area contributed by atoms with Crippen LogP contribution in [0, 0.1) is 0 Å². The highest BCUT2D eigenvalue weighted by atomic mass is 79.9. The monoisotopic (exact) mass is 379 g/mol. The van der Waals surface area contributed by atoms with Crippen LogP contribution in [-0.2, 0) is 9.05 Å². The van der Waals surface area contributed by atoms with E-state index in [1.54, 1.807) is 4.90 Å². The van der Waals surface area contributed by atoms with E-state index >= 15 is 0 Å². The molecule has 0 bridgehead atoms. The summed E-state index contributed by atoms with van der Waals surface area (Å²) in [5, 5.41) is 0. The van der Waals surface area contributed by atoms with E-state index in [0.717, 1.165) is 12.8 Å². The summed E-state index contributed by atoms with van der Waals surface area (Å²) in [6.07, 6.45) is 1.88. The summed E-state index contributed by atoms with van der Waals surface area (Å²) >= 11 is 3.30. The zero-order valence-electron chi connectivity index (χ0n) is 11.2. The molecule has 0 unspecified atom stereocenters. The molecule has 1 amide bonds. The van der Waals surface area contributed by atoms with Crippen LogP contribution in [0.4, 0.5) is 0 Å². The molecular weight excluding hydrogens is 366 g/mol. The summed E-state index contributed by atoms with van der Waals surface area (Å²) in [6.45, 7) is 4.69. The number of hydrogen-bond donors (Lipinski definition) is 0. The Morgan fingerprint density at radius 3 is 2.55 bits per heavy atom. The van der Waals surface area contributed by atoms with Crippen molar-refractivity contribution in [1.29, 1.82) is 0 Å². The molecule has 4 nitrogen and oxygen atoms in total. The Bertz CT molecular complexity index is 658. The van der Waals surface area contributed by atoms with E-state index in [2.05, 4.69) is 15.9 Å². The van der Waals surface area contributed by atoms with Gasteiger partial charge in [0, 0.05) is 27.2 Å². The molecule has 0 aliphatic carbocycles. The second-order valence-electron chi connectivity index (χ2n) is 5.45. The first-order chi connectivity index (χ1) is 9.13. The molecule has 0 N–H and O–H groups in total. The molecule has 0 atom stereocenters. The van der Waals surface area contributed by atoms with Crippen molar-refractivity contribution in [2.45, 2.75) is 37.1 Å². The average Bonchev–Trinajstić information content (AvgIpc) is 2.67. The van der Waals surface area contributed by atoms with Gasteiger partial charge >= 0.3 is 0 Å². The van der Waals surface area contributed by atoms with E-state index in [4.69, 9.17) is 10.7 Å². The van der Waals surface area contributed by atoms with Crippen LogP contribution in [0.1, 0.15) is 37.0 Å². The number of likely N-dealkylation sites (tertiary alicyclic amines) is 1. The lowest BCUT2D eigenvalue weighted by Crippen LogP contribution is -2.42. The average molecular weight is 381 g/mol. The van der Waals surface area contributed by atoms with E-state index in [9.17, 15) is 13.2 Å². The molecule has 1 aromatic carbocycles. The summed E-state index contributed by atoms with van der Waals surface area (Å²) in [7, 11) is 1.49. The molecule has 1 heterocycles. The first kappa shape index (κ1) is 15.8. The van der Waals surface area contributed by atoms with Crippen molar-refractivity contribution in [3.05, 3.63) is 28.2 Å². The maximum absolute atomic E-state index is 12.6. The quantitative estimate of drug-likeness (QED) is 0.739. The Kier molecular flexibility index (Phi) is 4.19. The second-order valence-corrected chi connectivity index (χ2v) is 8.87. The lowest BCUT2D eigenvalue weighted by molar-refractivity contribution is 0.0651. The second kappa shape index (κ2) is 5.31. The summed E-state index contributed by atoms with van der Waals surface area (Å²) in [5.41, 5.74) is 0.105.